The molecule has 6 heteroatoms. The molecule has 1 aromatic rings. The minimum absolute atomic E-state index is 0.360. The van der Waals surface area contributed by atoms with Crippen LogP contribution in [0.1, 0.15) is 11.6 Å². The first-order chi connectivity index (χ1) is 8.13. The van der Waals surface area contributed by atoms with Crippen molar-refractivity contribution in [3.8, 4) is 11.5 Å². The molecular formula is C11H12ClNO4. The molecule has 1 aromatic carbocycles. The van der Waals surface area contributed by atoms with Crippen molar-refractivity contribution >= 4 is 17.6 Å². The highest BCUT2D eigenvalue weighted by atomic mass is 35.5. The number of carbonyl (C=O) groups is 1. The van der Waals surface area contributed by atoms with E-state index in [9.17, 15) is 4.79 Å². The van der Waals surface area contributed by atoms with Crippen molar-refractivity contribution < 1.29 is 19.4 Å². The van der Waals surface area contributed by atoms with Crippen LogP contribution in [0.5, 0.6) is 11.5 Å². The molecule has 17 heavy (non-hydrogen) atoms. The Bertz CT molecular complexity index is 449. The number of likely N-dealkylation sites (N-methyl/N-ethyl adjacent to an activating group) is 1. The van der Waals surface area contributed by atoms with E-state index in [1.54, 1.807) is 19.2 Å². The Hall–Kier alpha value is -1.46. The van der Waals surface area contributed by atoms with E-state index >= 15 is 0 Å². The molecule has 1 heterocycles. The van der Waals surface area contributed by atoms with Crippen LogP contribution in [0.4, 0.5) is 0 Å². The van der Waals surface area contributed by atoms with Crippen molar-refractivity contribution in [3.63, 3.8) is 0 Å². The van der Waals surface area contributed by atoms with Crippen LogP contribution in [0.15, 0.2) is 12.1 Å². The summed E-state index contributed by atoms with van der Waals surface area (Å²) in [5, 5.41) is 12.1. The zero-order valence-corrected chi connectivity index (χ0v) is 9.95. The summed E-state index contributed by atoms with van der Waals surface area (Å²) in [7, 11) is 1.57. The van der Waals surface area contributed by atoms with Gasteiger partial charge in [-0.1, -0.05) is 11.6 Å². The van der Waals surface area contributed by atoms with Crippen LogP contribution in [0.25, 0.3) is 0 Å². The quantitative estimate of drug-likeness (QED) is 0.858. The lowest BCUT2D eigenvalue weighted by atomic mass is 10.1. The van der Waals surface area contributed by atoms with Gasteiger partial charge in [-0.2, -0.15) is 0 Å². The molecule has 2 rings (SSSR count). The third kappa shape index (κ3) is 2.30. The van der Waals surface area contributed by atoms with E-state index in [4.69, 9.17) is 26.2 Å². The van der Waals surface area contributed by atoms with E-state index in [1.807, 2.05) is 0 Å². The number of hydrogen-bond acceptors (Lipinski definition) is 4. The number of ether oxygens (including phenoxy) is 2. The summed E-state index contributed by atoms with van der Waals surface area (Å²) in [6.45, 7) is 0.879. The molecule has 0 fully saturated rings. The van der Waals surface area contributed by atoms with E-state index in [1.165, 1.54) is 0 Å². The number of benzene rings is 1. The number of aliphatic carboxylic acids is 1. The largest absolute Gasteiger partial charge is 0.486 e. The van der Waals surface area contributed by atoms with Crippen molar-refractivity contribution in [2.45, 2.75) is 6.04 Å². The van der Waals surface area contributed by atoms with Gasteiger partial charge in [0.1, 0.15) is 19.3 Å². The second-order valence-electron chi connectivity index (χ2n) is 3.59. The fourth-order valence-corrected chi connectivity index (χ4v) is 2.00. The molecule has 0 bridgehead atoms. The van der Waals surface area contributed by atoms with Crippen LogP contribution < -0.4 is 14.8 Å². The predicted octanol–water partition coefficient (Wildman–Crippen LogP) is 1.46. The Morgan fingerprint density at radius 1 is 1.47 bits per heavy atom. The summed E-state index contributed by atoms with van der Waals surface area (Å²) in [6, 6.07) is 2.39. The van der Waals surface area contributed by atoms with Gasteiger partial charge in [0.05, 0.1) is 5.02 Å². The van der Waals surface area contributed by atoms with Gasteiger partial charge in [0.15, 0.2) is 11.5 Å². The highest BCUT2D eigenvalue weighted by molar-refractivity contribution is 6.32. The molecule has 92 valence electrons. The van der Waals surface area contributed by atoms with Gasteiger partial charge in [0, 0.05) is 0 Å². The fraction of sp³-hybridized carbons (Fsp3) is 0.364. The second-order valence-corrected chi connectivity index (χ2v) is 3.99. The monoisotopic (exact) mass is 257 g/mol. The van der Waals surface area contributed by atoms with Crippen molar-refractivity contribution in [3.05, 3.63) is 22.7 Å². The molecule has 0 spiro atoms. The van der Waals surface area contributed by atoms with Crippen molar-refractivity contribution in [1.29, 1.82) is 0 Å². The number of rotatable bonds is 3. The van der Waals surface area contributed by atoms with E-state index in [2.05, 4.69) is 5.32 Å². The molecule has 1 aliphatic heterocycles. The number of carboxylic acids is 1. The van der Waals surface area contributed by atoms with Crippen LogP contribution in [0, 0.1) is 0 Å². The molecule has 2 N–H and O–H groups in total. The minimum atomic E-state index is -0.972. The maximum atomic E-state index is 11.0. The minimum Gasteiger partial charge on any atom is -0.486 e. The number of carboxylic acid groups (broad SMARTS) is 1. The van der Waals surface area contributed by atoms with Gasteiger partial charge in [0.25, 0.3) is 0 Å². The number of nitrogens with one attached hydrogen (secondary N) is 1. The zero-order chi connectivity index (χ0) is 12.4. The van der Waals surface area contributed by atoms with Crippen LogP contribution in [-0.2, 0) is 4.79 Å². The molecule has 1 atom stereocenters. The molecular weight excluding hydrogens is 246 g/mol. The Labute approximate surface area is 103 Å². The smallest absolute Gasteiger partial charge is 0.325 e. The van der Waals surface area contributed by atoms with E-state index in [-0.39, 0.29) is 0 Å². The van der Waals surface area contributed by atoms with Gasteiger partial charge in [-0.15, -0.1) is 0 Å². The molecule has 0 amide bonds. The second kappa shape index (κ2) is 4.81. The first-order valence-corrected chi connectivity index (χ1v) is 5.50. The summed E-state index contributed by atoms with van der Waals surface area (Å²) in [5.74, 6) is -0.0117. The lowest BCUT2D eigenvalue weighted by molar-refractivity contribution is -0.139. The van der Waals surface area contributed by atoms with Gasteiger partial charge in [-0.3, -0.25) is 4.79 Å². The summed E-state index contributed by atoms with van der Waals surface area (Å²) in [4.78, 5) is 11.0. The standard InChI is InChI=1S/C11H12ClNO4/c1-13-9(11(14)15)6-4-7(12)10-8(5-6)16-2-3-17-10/h4-5,9,13H,2-3H2,1H3,(H,14,15). The molecule has 1 aliphatic rings. The predicted molar refractivity (Wildman–Crippen MR) is 61.9 cm³/mol. The van der Waals surface area contributed by atoms with E-state index in [0.29, 0.717) is 35.3 Å². The third-order valence-electron chi connectivity index (χ3n) is 2.49. The first kappa shape index (κ1) is 12.0. The summed E-state index contributed by atoms with van der Waals surface area (Å²) < 4.78 is 10.7. The highest BCUT2D eigenvalue weighted by Gasteiger charge is 2.23. The molecule has 0 saturated carbocycles. The summed E-state index contributed by atoms with van der Waals surface area (Å²) in [5.41, 5.74) is 0.536. The maximum absolute atomic E-state index is 11.0. The van der Waals surface area contributed by atoms with Gasteiger partial charge in [-0.05, 0) is 24.7 Å². The zero-order valence-electron chi connectivity index (χ0n) is 9.20. The van der Waals surface area contributed by atoms with Crippen LogP contribution in [-0.4, -0.2) is 31.3 Å². The molecule has 0 aliphatic carbocycles. The van der Waals surface area contributed by atoms with Gasteiger partial charge in [-0.25, -0.2) is 0 Å². The number of hydrogen-bond donors (Lipinski definition) is 2. The topological polar surface area (TPSA) is 67.8 Å². The number of fused-ring (bicyclic) bond motifs is 1. The Morgan fingerprint density at radius 3 is 2.82 bits per heavy atom. The molecule has 0 radical (unpaired) electrons. The van der Waals surface area contributed by atoms with Crippen molar-refractivity contribution in [2.24, 2.45) is 0 Å². The normalized spacial score (nSPS) is 15.4. The highest BCUT2D eigenvalue weighted by Crippen LogP contribution is 2.39. The third-order valence-corrected chi connectivity index (χ3v) is 2.77. The van der Waals surface area contributed by atoms with Gasteiger partial charge < -0.3 is 19.9 Å². The van der Waals surface area contributed by atoms with Crippen LogP contribution in [0.2, 0.25) is 5.02 Å². The lowest BCUT2D eigenvalue weighted by Crippen LogP contribution is -2.25. The maximum Gasteiger partial charge on any atom is 0.325 e. The average molecular weight is 258 g/mol. The fourth-order valence-electron chi connectivity index (χ4n) is 1.73. The Balaban J connectivity index is 2.42. The van der Waals surface area contributed by atoms with Crippen LogP contribution in [0.3, 0.4) is 0 Å². The van der Waals surface area contributed by atoms with Gasteiger partial charge in [0.2, 0.25) is 0 Å². The van der Waals surface area contributed by atoms with Crippen molar-refractivity contribution in [2.75, 3.05) is 20.3 Å². The van der Waals surface area contributed by atoms with Crippen LogP contribution >= 0.6 is 11.6 Å². The average Bonchev–Trinajstić information content (AvgIpc) is 2.29. The molecule has 0 saturated heterocycles. The van der Waals surface area contributed by atoms with Gasteiger partial charge >= 0.3 is 5.97 Å². The molecule has 1 unspecified atom stereocenters. The van der Waals surface area contributed by atoms with E-state index in [0.717, 1.165) is 0 Å². The summed E-state index contributed by atoms with van der Waals surface area (Å²) >= 11 is 6.03. The van der Waals surface area contributed by atoms with E-state index < -0.39 is 12.0 Å². The summed E-state index contributed by atoms with van der Waals surface area (Å²) in [6.07, 6.45) is 0. The van der Waals surface area contributed by atoms with Crippen molar-refractivity contribution in [1.82, 2.24) is 5.32 Å². The molecule has 0 aromatic heterocycles. The SMILES string of the molecule is CNC(C(=O)O)c1cc(Cl)c2c(c1)OCCO2. The Kier molecular flexibility index (Phi) is 3.40. The number of halogens is 1. The molecule has 5 nitrogen and oxygen atoms in total. The first-order valence-electron chi connectivity index (χ1n) is 5.12. The lowest BCUT2D eigenvalue weighted by Gasteiger charge is -2.21. The Morgan fingerprint density at radius 2 is 2.18 bits per heavy atom.